The summed E-state index contributed by atoms with van der Waals surface area (Å²) >= 11 is 0. The molecular weight excluding hydrogens is 184 g/mol. The van der Waals surface area contributed by atoms with Gasteiger partial charge in [0, 0.05) is 13.0 Å². The lowest BCUT2D eigenvalue weighted by Gasteiger charge is -2.07. The van der Waals surface area contributed by atoms with Crippen LogP contribution in [0.1, 0.15) is 24.0 Å². The summed E-state index contributed by atoms with van der Waals surface area (Å²) in [7, 11) is 0. The Labute approximate surface area is 90.9 Å². The summed E-state index contributed by atoms with van der Waals surface area (Å²) in [6.45, 7) is 2.82. The fourth-order valence-electron chi connectivity index (χ4n) is 1.32. The fraction of sp³-hybridized carbons (Fsp3) is 0.308. The van der Waals surface area contributed by atoms with Gasteiger partial charge in [-0.2, -0.15) is 5.26 Å². The first-order valence-electron chi connectivity index (χ1n) is 4.96. The average Bonchev–Trinajstić information content (AvgIpc) is 2.25. The Morgan fingerprint density at radius 1 is 1.47 bits per heavy atom. The lowest BCUT2D eigenvalue weighted by atomic mass is 10.1. The first kappa shape index (κ1) is 11.1. The van der Waals surface area contributed by atoms with E-state index in [4.69, 9.17) is 11.7 Å². The number of terminal acetylenes is 1. The molecule has 1 rings (SSSR count). The van der Waals surface area contributed by atoms with Gasteiger partial charge in [0.1, 0.15) is 6.07 Å². The molecule has 0 saturated carbocycles. The number of benzene rings is 1. The third-order valence-corrected chi connectivity index (χ3v) is 2.11. The lowest BCUT2D eigenvalue weighted by molar-refractivity contribution is 0.906. The molecular formula is C13H14N2. The molecule has 0 aliphatic heterocycles. The van der Waals surface area contributed by atoms with Crippen molar-refractivity contribution in [2.24, 2.45) is 0 Å². The summed E-state index contributed by atoms with van der Waals surface area (Å²) in [6, 6.07) is 7.91. The molecule has 1 N–H and O–H groups in total. The standard InChI is InChI=1S/C13H14N2/c1-3-4-5-8-15-13-9-11(2)6-7-12(13)10-14/h1,6-7,9,15H,4-5,8H2,2H3. The maximum absolute atomic E-state index is 8.89. The quantitative estimate of drug-likeness (QED) is 0.596. The highest BCUT2D eigenvalue weighted by molar-refractivity contribution is 5.58. The van der Waals surface area contributed by atoms with Crippen LogP contribution in [0.3, 0.4) is 0 Å². The molecule has 0 bridgehead atoms. The minimum absolute atomic E-state index is 0.682. The number of nitriles is 1. The van der Waals surface area contributed by atoms with Gasteiger partial charge >= 0.3 is 0 Å². The highest BCUT2D eigenvalue weighted by Gasteiger charge is 2.00. The normalized spacial score (nSPS) is 9.00. The molecule has 0 aliphatic rings. The number of anilines is 1. The van der Waals surface area contributed by atoms with E-state index in [9.17, 15) is 0 Å². The van der Waals surface area contributed by atoms with E-state index < -0.39 is 0 Å². The second-order valence-corrected chi connectivity index (χ2v) is 3.40. The summed E-state index contributed by atoms with van der Waals surface area (Å²) < 4.78 is 0. The third-order valence-electron chi connectivity index (χ3n) is 2.11. The molecule has 0 atom stereocenters. The van der Waals surface area contributed by atoms with Crippen molar-refractivity contribution < 1.29 is 0 Å². The molecule has 0 aliphatic carbocycles. The number of rotatable bonds is 4. The Hall–Kier alpha value is -1.93. The van der Waals surface area contributed by atoms with Crippen LogP contribution in [0.25, 0.3) is 0 Å². The zero-order valence-electron chi connectivity index (χ0n) is 8.88. The average molecular weight is 198 g/mol. The van der Waals surface area contributed by atoms with Gasteiger partial charge in [-0.25, -0.2) is 0 Å². The summed E-state index contributed by atoms with van der Waals surface area (Å²) in [5.41, 5.74) is 2.73. The van der Waals surface area contributed by atoms with Gasteiger partial charge in [0.05, 0.1) is 11.3 Å². The first-order chi connectivity index (χ1) is 7.27. The van der Waals surface area contributed by atoms with Gasteiger partial charge in [-0.3, -0.25) is 0 Å². The monoisotopic (exact) mass is 198 g/mol. The Morgan fingerprint density at radius 2 is 2.27 bits per heavy atom. The number of hydrogen-bond donors (Lipinski definition) is 1. The van der Waals surface area contributed by atoms with Crippen LogP contribution in [-0.4, -0.2) is 6.54 Å². The van der Waals surface area contributed by atoms with Gasteiger partial charge < -0.3 is 5.32 Å². The molecule has 2 nitrogen and oxygen atoms in total. The van der Waals surface area contributed by atoms with Crippen LogP contribution in [0.15, 0.2) is 18.2 Å². The minimum atomic E-state index is 0.682. The van der Waals surface area contributed by atoms with Crippen LogP contribution in [-0.2, 0) is 0 Å². The Bertz CT molecular complexity index is 408. The SMILES string of the molecule is C#CCCCNc1cc(C)ccc1C#N. The van der Waals surface area contributed by atoms with E-state index >= 15 is 0 Å². The Morgan fingerprint density at radius 3 is 2.93 bits per heavy atom. The topological polar surface area (TPSA) is 35.8 Å². The van der Waals surface area contributed by atoms with Crippen molar-refractivity contribution in [3.8, 4) is 18.4 Å². The van der Waals surface area contributed by atoms with Gasteiger partial charge in [0.2, 0.25) is 0 Å². The molecule has 1 aromatic rings. The largest absolute Gasteiger partial charge is 0.384 e. The van der Waals surface area contributed by atoms with Crippen LogP contribution in [0.4, 0.5) is 5.69 Å². The molecule has 0 fully saturated rings. The summed E-state index contributed by atoms with van der Waals surface area (Å²) in [6.07, 6.45) is 6.85. The molecule has 2 heteroatoms. The third kappa shape index (κ3) is 3.37. The Kier molecular flexibility index (Phi) is 4.26. The van der Waals surface area contributed by atoms with Crippen molar-refractivity contribution in [2.45, 2.75) is 19.8 Å². The van der Waals surface area contributed by atoms with E-state index in [1.54, 1.807) is 0 Å². The zero-order valence-corrected chi connectivity index (χ0v) is 8.88. The number of unbranched alkanes of at least 4 members (excludes halogenated alkanes) is 1. The predicted octanol–water partition coefficient (Wildman–Crippen LogP) is 2.69. The van der Waals surface area contributed by atoms with Crippen molar-refractivity contribution in [3.05, 3.63) is 29.3 Å². The molecule has 0 heterocycles. The van der Waals surface area contributed by atoms with Crippen molar-refractivity contribution >= 4 is 5.69 Å². The van der Waals surface area contributed by atoms with Gasteiger partial charge in [0.15, 0.2) is 0 Å². The molecule has 0 saturated heterocycles. The van der Waals surface area contributed by atoms with Gasteiger partial charge in [-0.15, -0.1) is 12.3 Å². The van der Waals surface area contributed by atoms with Crippen molar-refractivity contribution in [1.29, 1.82) is 5.26 Å². The van der Waals surface area contributed by atoms with Crippen LogP contribution in [0.2, 0.25) is 0 Å². The highest BCUT2D eigenvalue weighted by atomic mass is 14.9. The number of nitrogens with one attached hydrogen (secondary N) is 1. The molecule has 76 valence electrons. The second kappa shape index (κ2) is 5.73. The van der Waals surface area contributed by atoms with Crippen LogP contribution in [0.5, 0.6) is 0 Å². The predicted molar refractivity (Wildman–Crippen MR) is 62.5 cm³/mol. The summed E-state index contributed by atoms with van der Waals surface area (Å²) in [5, 5.41) is 12.1. The number of aryl methyl sites for hydroxylation is 1. The second-order valence-electron chi connectivity index (χ2n) is 3.40. The van der Waals surface area contributed by atoms with Crippen molar-refractivity contribution in [2.75, 3.05) is 11.9 Å². The molecule has 0 radical (unpaired) electrons. The number of nitrogens with zero attached hydrogens (tertiary/aromatic N) is 1. The molecule has 0 unspecified atom stereocenters. The lowest BCUT2D eigenvalue weighted by Crippen LogP contribution is -2.03. The van der Waals surface area contributed by atoms with Crippen molar-refractivity contribution in [3.63, 3.8) is 0 Å². The molecule has 0 spiro atoms. The molecule has 1 aromatic carbocycles. The van der Waals surface area contributed by atoms with Crippen LogP contribution >= 0.6 is 0 Å². The van der Waals surface area contributed by atoms with Crippen LogP contribution in [0, 0.1) is 30.6 Å². The smallest absolute Gasteiger partial charge is 0.101 e. The summed E-state index contributed by atoms with van der Waals surface area (Å²) in [4.78, 5) is 0. The van der Waals surface area contributed by atoms with Gasteiger partial charge in [-0.05, 0) is 31.0 Å². The minimum Gasteiger partial charge on any atom is -0.384 e. The van der Waals surface area contributed by atoms with Crippen LogP contribution < -0.4 is 5.32 Å². The van der Waals surface area contributed by atoms with E-state index in [0.717, 1.165) is 30.6 Å². The first-order valence-corrected chi connectivity index (χ1v) is 4.96. The maximum Gasteiger partial charge on any atom is 0.101 e. The van der Waals surface area contributed by atoms with E-state index in [1.807, 2.05) is 25.1 Å². The molecule has 0 amide bonds. The molecule has 0 aromatic heterocycles. The van der Waals surface area contributed by atoms with E-state index in [1.165, 1.54) is 0 Å². The van der Waals surface area contributed by atoms with E-state index in [-0.39, 0.29) is 0 Å². The summed E-state index contributed by atoms with van der Waals surface area (Å²) in [5.74, 6) is 2.59. The van der Waals surface area contributed by atoms with Gasteiger partial charge in [0.25, 0.3) is 0 Å². The van der Waals surface area contributed by atoms with E-state index in [0.29, 0.717) is 5.56 Å². The Balaban J connectivity index is 2.64. The van der Waals surface area contributed by atoms with Gasteiger partial charge in [-0.1, -0.05) is 6.07 Å². The number of hydrogen-bond acceptors (Lipinski definition) is 2. The maximum atomic E-state index is 8.89. The zero-order chi connectivity index (χ0) is 11.1. The highest BCUT2D eigenvalue weighted by Crippen LogP contribution is 2.16. The molecule has 15 heavy (non-hydrogen) atoms. The van der Waals surface area contributed by atoms with Crippen molar-refractivity contribution in [1.82, 2.24) is 0 Å². The van der Waals surface area contributed by atoms with E-state index in [2.05, 4.69) is 17.3 Å². The fourth-order valence-corrected chi connectivity index (χ4v) is 1.32.